The molecule has 1 aliphatic rings. The molecule has 144 valence electrons. The van der Waals surface area contributed by atoms with Gasteiger partial charge in [0.15, 0.2) is 11.6 Å². The number of amides is 1. The third-order valence-electron chi connectivity index (χ3n) is 5.01. The molecule has 7 heteroatoms. The fraction of sp³-hybridized carbons (Fsp3) is 0.333. The van der Waals surface area contributed by atoms with Gasteiger partial charge in [0.2, 0.25) is 5.91 Å². The van der Waals surface area contributed by atoms with E-state index in [9.17, 15) is 4.79 Å². The average Bonchev–Trinajstić information content (AvgIpc) is 3.22. The minimum Gasteiger partial charge on any atom is -0.354 e. The number of carbonyl (C=O) groups is 1. The maximum Gasteiger partial charge on any atom is 0.229 e. The van der Waals surface area contributed by atoms with Crippen LogP contribution < -0.4 is 10.2 Å². The highest BCUT2D eigenvalue weighted by Crippen LogP contribution is 2.23. The molecular weight excluding hydrogens is 352 g/mol. The van der Waals surface area contributed by atoms with E-state index in [4.69, 9.17) is 0 Å². The average molecular weight is 376 g/mol. The molecule has 2 aromatic heterocycles. The van der Waals surface area contributed by atoms with Crippen LogP contribution in [0, 0.1) is 19.8 Å². The second-order valence-electron chi connectivity index (χ2n) is 7.37. The molecule has 1 aromatic carbocycles. The first-order chi connectivity index (χ1) is 13.6. The molecule has 0 radical (unpaired) electrons. The van der Waals surface area contributed by atoms with Gasteiger partial charge in [-0.3, -0.25) is 9.36 Å². The first-order valence-electron chi connectivity index (χ1n) is 9.55. The number of nitrogens with zero attached hydrogens (tertiary/aromatic N) is 5. The lowest BCUT2D eigenvalue weighted by atomic mass is 9.97. The largest absolute Gasteiger partial charge is 0.354 e. The van der Waals surface area contributed by atoms with Gasteiger partial charge in [-0.15, -0.1) is 10.2 Å². The van der Waals surface area contributed by atoms with E-state index in [1.54, 1.807) is 12.5 Å². The standard InChI is InChI=1S/C21H24N6O/c1-15-10-16(2)12-18(11-15)23-21(28)17-4-3-8-26(13-17)19-5-6-20(25-24-19)27-9-7-22-14-27/h5-7,9-12,14,17H,3-4,8,13H2,1-2H3,(H,23,28). The van der Waals surface area contributed by atoms with Crippen LogP contribution in [-0.2, 0) is 4.79 Å². The van der Waals surface area contributed by atoms with Gasteiger partial charge in [0.1, 0.15) is 6.33 Å². The maximum atomic E-state index is 12.8. The summed E-state index contributed by atoms with van der Waals surface area (Å²) in [4.78, 5) is 19.0. The smallest absolute Gasteiger partial charge is 0.229 e. The number of hydrogen-bond acceptors (Lipinski definition) is 5. The summed E-state index contributed by atoms with van der Waals surface area (Å²) in [6, 6.07) is 9.98. The van der Waals surface area contributed by atoms with Crippen LogP contribution in [0.2, 0.25) is 0 Å². The highest BCUT2D eigenvalue weighted by atomic mass is 16.1. The molecule has 1 N–H and O–H groups in total. The highest BCUT2D eigenvalue weighted by Gasteiger charge is 2.27. The summed E-state index contributed by atoms with van der Waals surface area (Å²) in [5, 5.41) is 11.7. The first-order valence-corrected chi connectivity index (χ1v) is 9.55. The van der Waals surface area contributed by atoms with Crippen LogP contribution in [0.5, 0.6) is 0 Å². The van der Waals surface area contributed by atoms with Crippen molar-refractivity contribution in [2.24, 2.45) is 5.92 Å². The Morgan fingerprint density at radius 1 is 1.11 bits per heavy atom. The van der Waals surface area contributed by atoms with Gasteiger partial charge in [0, 0.05) is 31.2 Å². The fourth-order valence-electron chi connectivity index (χ4n) is 3.71. The number of hydrogen-bond donors (Lipinski definition) is 1. The molecular formula is C21H24N6O. The van der Waals surface area contributed by atoms with Crippen LogP contribution in [0.25, 0.3) is 5.82 Å². The van der Waals surface area contributed by atoms with Crippen molar-refractivity contribution in [2.45, 2.75) is 26.7 Å². The number of carbonyl (C=O) groups excluding carboxylic acids is 1. The Morgan fingerprint density at radius 3 is 2.54 bits per heavy atom. The lowest BCUT2D eigenvalue weighted by molar-refractivity contribution is -0.120. The summed E-state index contributed by atoms with van der Waals surface area (Å²) < 4.78 is 1.81. The predicted octanol–water partition coefficient (Wildman–Crippen LogP) is 3.13. The number of piperidine rings is 1. The summed E-state index contributed by atoms with van der Waals surface area (Å²) in [6.45, 7) is 5.61. The van der Waals surface area contributed by atoms with Crippen molar-refractivity contribution >= 4 is 17.4 Å². The van der Waals surface area contributed by atoms with Gasteiger partial charge in [-0.2, -0.15) is 0 Å². The van der Waals surface area contributed by atoms with Crippen molar-refractivity contribution in [3.63, 3.8) is 0 Å². The quantitative estimate of drug-likeness (QED) is 0.757. The summed E-state index contributed by atoms with van der Waals surface area (Å²) in [6.07, 6.45) is 7.07. The monoisotopic (exact) mass is 376 g/mol. The number of anilines is 2. The van der Waals surface area contributed by atoms with E-state index in [1.807, 2.05) is 48.9 Å². The molecule has 0 saturated carbocycles. The van der Waals surface area contributed by atoms with Crippen LogP contribution in [0.15, 0.2) is 49.1 Å². The third-order valence-corrected chi connectivity index (χ3v) is 5.01. The summed E-state index contributed by atoms with van der Waals surface area (Å²) in [7, 11) is 0. The number of imidazole rings is 1. The number of benzene rings is 1. The summed E-state index contributed by atoms with van der Waals surface area (Å²) in [5.74, 6) is 1.53. The van der Waals surface area contributed by atoms with E-state index >= 15 is 0 Å². The molecule has 0 aliphatic carbocycles. The van der Waals surface area contributed by atoms with E-state index in [0.717, 1.165) is 47.8 Å². The van der Waals surface area contributed by atoms with Crippen LogP contribution >= 0.6 is 0 Å². The normalized spacial score (nSPS) is 16.8. The topological polar surface area (TPSA) is 75.9 Å². The molecule has 1 saturated heterocycles. The zero-order valence-corrected chi connectivity index (χ0v) is 16.2. The van der Waals surface area contributed by atoms with Gasteiger partial charge in [0.05, 0.1) is 5.92 Å². The Kier molecular flexibility index (Phi) is 5.06. The van der Waals surface area contributed by atoms with Crippen molar-refractivity contribution in [2.75, 3.05) is 23.3 Å². The molecule has 28 heavy (non-hydrogen) atoms. The van der Waals surface area contributed by atoms with E-state index in [2.05, 4.69) is 31.5 Å². The Hall–Kier alpha value is -3.22. The molecule has 1 atom stereocenters. The molecule has 1 aliphatic heterocycles. The Morgan fingerprint density at radius 2 is 1.86 bits per heavy atom. The zero-order chi connectivity index (χ0) is 19.5. The number of aromatic nitrogens is 4. The third kappa shape index (κ3) is 4.03. The SMILES string of the molecule is Cc1cc(C)cc(NC(=O)C2CCCN(c3ccc(-n4ccnc4)nn3)C2)c1. The second kappa shape index (κ2) is 7.80. The maximum absolute atomic E-state index is 12.8. The fourth-order valence-corrected chi connectivity index (χ4v) is 3.71. The molecule has 1 amide bonds. The van der Waals surface area contributed by atoms with Crippen LogP contribution in [0.4, 0.5) is 11.5 Å². The Balaban J connectivity index is 1.43. The van der Waals surface area contributed by atoms with Gasteiger partial charge >= 0.3 is 0 Å². The lowest BCUT2D eigenvalue weighted by Gasteiger charge is -2.32. The predicted molar refractivity (Wildman–Crippen MR) is 109 cm³/mol. The summed E-state index contributed by atoms with van der Waals surface area (Å²) >= 11 is 0. The van der Waals surface area contributed by atoms with E-state index in [-0.39, 0.29) is 11.8 Å². The molecule has 3 heterocycles. The Labute approximate surface area is 164 Å². The molecule has 0 bridgehead atoms. The highest BCUT2D eigenvalue weighted by molar-refractivity contribution is 5.93. The second-order valence-corrected chi connectivity index (χ2v) is 7.37. The number of rotatable bonds is 4. The molecule has 1 fully saturated rings. The van der Waals surface area contributed by atoms with Crippen molar-refractivity contribution in [1.29, 1.82) is 0 Å². The van der Waals surface area contributed by atoms with Crippen molar-refractivity contribution in [3.05, 3.63) is 60.2 Å². The van der Waals surface area contributed by atoms with Gasteiger partial charge < -0.3 is 10.2 Å². The van der Waals surface area contributed by atoms with Crippen LogP contribution in [0.3, 0.4) is 0 Å². The van der Waals surface area contributed by atoms with Gasteiger partial charge in [-0.25, -0.2) is 4.98 Å². The van der Waals surface area contributed by atoms with Crippen molar-refractivity contribution in [1.82, 2.24) is 19.7 Å². The molecule has 3 aromatic rings. The van der Waals surface area contributed by atoms with Gasteiger partial charge in [-0.1, -0.05) is 6.07 Å². The number of nitrogens with one attached hydrogen (secondary N) is 1. The minimum absolute atomic E-state index is 0.0651. The van der Waals surface area contributed by atoms with E-state index in [0.29, 0.717) is 6.54 Å². The van der Waals surface area contributed by atoms with E-state index < -0.39 is 0 Å². The first kappa shape index (κ1) is 18.2. The zero-order valence-electron chi connectivity index (χ0n) is 16.2. The van der Waals surface area contributed by atoms with Crippen LogP contribution in [-0.4, -0.2) is 38.7 Å². The molecule has 4 rings (SSSR count). The lowest BCUT2D eigenvalue weighted by Crippen LogP contribution is -2.41. The van der Waals surface area contributed by atoms with Crippen LogP contribution in [0.1, 0.15) is 24.0 Å². The minimum atomic E-state index is -0.0651. The summed E-state index contributed by atoms with van der Waals surface area (Å²) in [5.41, 5.74) is 3.16. The van der Waals surface area contributed by atoms with Crippen molar-refractivity contribution < 1.29 is 4.79 Å². The molecule has 7 nitrogen and oxygen atoms in total. The van der Waals surface area contributed by atoms with Crippen molar-refractivity contribution in [3.8, 4) is 5.82 Å². The number of aryl methyl sites for hydroxylation is 2. The van der Waals surface area contributed by atoms with E-state index in [1.165, 1.54) is 0 Å². The molecule has 0 spiro atoms. The Bertz CT molecular complexity index is 931. The molecule has 1 unspecified atom stereocenters. The van der Waals surface area contributed by atoms with Gasteiger partial charge in [0.25, 0.3) is 0 Å². The van der Waals surface area contributed by atoms with Gasteiger partial charge in [-0.05, 0) is 62.1 Å².